The molecule has 1 aromatic heterocycles. The number of nitrogens with one attached hydrogen (secondary N) is 2. The van der Waals surface area contributed by atoms with Gasteiger partial charge in [0.2, 0.25) is 5.91 Å². The molecule has 25 heavy (non-hydrogen) atoms. The molecular weight excluding hydrogens is 316 g/mol. The first-order valence-corrected chi connectivity index (χ1v) is 8.90. The highest BCUT2D eigenvalue weighted by molar-refractivity contribution is 5.95. The van der Waals surface area contributed by atoms with Crippen LogP contribution in [0, 0.1) is 5.92 Å². The molecule has 0 unspecified atom stereocenters. The van der Waals surface area contributed by atoms with Crippen molar-refractivity contribution < 1.29 is 9.59 Å². The summed E-state index contributed by atoms with van der Waals surface area (Å²) in [6.07, 6.45) is 2.85. The minimum Gasteiger partial charge on any atom is -0.354 e. The van der Waals surface area contributed by atoms with E-state index in [4.69, 9.17) is 0 Å². The zero-order valence-electron chi connectivity index (χ0n) is 15.1. The SMILES string of the molecule is CC(C)Cn1ccc2cc(NC(=O)N3CCCNC(=O)[C@@H]3C)ccc21. The molecular formula is C19H26N4O2. The highest BCUT2D eigenvalue weighted by Crippen LogP contribution is 2.22. The summed E-state index contributed by atoms with van der Waals surface area (Å²) in [5.41, 5.74) is 1.91. The zero-order valence-corrected chi connectivity index (χ0v) is 15.1. The third-order valence-electron chi connectivity index (χ3n) is 4.57. The second-order valence-electron chi connectivity index (χ2n) is 7.08. The van der Waals surface area contributed by atoms with Crippen LogP contribution in [0.3, 0.4) is 0 Å². The summed E-state index contributed by atoms with van der Waals surface area (Å²) < 4.78 is 2.23. The van der Waals surface area contributed by atoms with E-state index in [1.165, 1.54) is 0 Å². The lowest BCUT2D eigenvalue weighted by molar-refractivity contribution is -0.124. The van der Waals surface area contributed by atoms with Gasteiger partial charge >= 0.3 is 6.03 Å². The molecule has 1 fully saturated rings. The molecule has 2 heterocycles. The van der Waals surface area contributed by atoms with Crippen molar-refractivity contribution in [2.75, 3.05) is 18.4 Å². The molecule has 2 aromatic rings. The number of amides is 3. The summed E-state index contributed by atoms with van der Waals surface area (Å²) in [5.74, 6) is 0.472. The minimum absolute atomic E-state index is 0.103. The van der Waals surface area contributed by atoms with Crippen LogP contribution in [-0.2, 0) is 11.3 Å². The van der Waals surface area contributed by atoms with Crippen LogP contribution in [0.5, 0.6) is 0 Å². The van der Waals surface area contributed by atoms with Gasteiger partial charge in [-0.1, -0.05) is 13.8 Å². The van der Waals surface area contributed by atoms with Gasteiger partial charge in [-0.2, -0.15) is 0 Å². The molecule has 6 heteroatoms. The molecule has 3 rings (SSSR count). The molecule has 0 radical (unpaired) electrons. The summed E-state index contributed by atoms with van der Waals surface area (Å²) in [6, 6.07) is 7.30. The molecule has 0 aliphatic carbocycles. The number of hydrogen-bond acceptors (Lipinski definition) is 2. The second kappa shape index (κ2) is 7.17. The van der Waals surface area contributed by atoms with E-state index in [2.05, 4.69) is 41.3 Å². The van der Waals surface area contributed by atoms with E-state index in [9.17, 15) is 9.59 Å². The predicted octanol–water partition coefficient (Wildman–Crippen LogP) is 3.04. The van der Waals surface area contributed by atoms with E-state index in [-0.39, 0.29) is 11.9 Å². The first-order valence-electron chi connectivity index (χ1n) is 8.90. The Morgan fingerprint density at radius 2 is 2.16 bits per heavy atom. The summed E-state index contributed by atoms with van der Waals surface area (Å²) in [7, 11) is 0. The fourth-order valence-electron chi connectivity index (χ4n) is 3.25. The molecule has 1 aliphatic heterocycles. The fourth-order valence-corrected chi connectivity index (χ4v) is 3.25. The van der Waals surface area contributed by atoms with Crippen LogP contribution in [0.15, 0.2) is 30.5 Å². The normalized spacial score (nSPS) is 18.3. The Kier molecular flexibility index (Phi) is 4.97. The van der Waals surface area contributed by atoms with Crippen LogP contribution in [0.4, 0.5) is 10.5 Å². The van der Waals surface area contributed by atoms with Crippen LogP contribution in [0.2, 0.25) is 0 Å². The maximum absolute atomic E-state index is 12.6. The lowest BCUT2D eigenvalue weighted by Gasteiger charge is -2.25. The van der Waals surface area contributed by atoms with Gasteiger partial charge in [0.1, 0.15) is 6.04 Å². The third-order valence-corrected chi connectivity index (χ3v) is 4.57. The Hall–Kier alpha value is -2.50. The van der Waals surface area contributed by atoms with Crippen molar-refractivity contribution in [3.63, 3.8) is 0 Å². The van der Waals surface area contributed by atoms with Gasteiger partial charge < -0.3 is 20.1 Å². The topological polar surface area (TPSA) is 66.4 Å². The first kappa shape index (κ1) is 17.3. The maximum atomic E-state index is 12.6. The third kappa shape index (κ3) is 3.78. The van der Waals surface area contributed by atoms with E-state index in [0.717, 1.165) is 29.6 Å². The average molecular weight is 342 g/mol. The van der Waals surface area contributed by atoms with Crippen molar-refractivity contribution in [1.29, 1.82) is 0 Å². The highest BCUT2D eigenvalue weighted by Gasteiger charge is 2.27. The average Bonchev–Trinajstić information content (AvgIpc) is 2.86. The lowest BCUT2D eigenvalue weighted by atomic mass is 10.2. The molecule has 1 aliphatic rings. The number of carbonyl (C=O) groups is 2. The molecule has 2 N–H and O–H groups in total. The Morgan fingerprint density at radius 1 is 1.36 bits per heavy atom. The Labute approximate surface area is 148 Å². The quantitative estimate of drug-likeness (QED) is 0.900. The van der Waals surface area contributed by atoms with Crippen LogP contribution in [0.25, 0.3) is 10.9 Å². The van der Waals surface area contributed by atoms with Crippen molar-refractivity contribution in [2.24, 2.45) is 5.92 Å². The molecule has 134 valence electrons. The monoisotopic (exact) mass is 342 g/mol. The largest absolute Gasteiger partial charge is 0.354 e. The Bertz CT molecular complexity index is 781. The van der Waals surface area contributed by atoms with Gasteiger partial charge in [-0.05, 0) is 43.5 Å². The maximum Gasteiger partial charge on any atom is 0.322 e. The second-order valence-corrected chi connectivity index (χ2v) is 7.08. The van der Waals surface area contributed by atoms with E-state index < -0.39 is 6.04 Å². The lowest BCUT2D eigenvalue weighted by Crippen LogP contribution is -2.47. The van der Waals surface area contributed by atoms with Crippen molar-refractivity contribution in [3.8, 4) is 0 Å². The smallest absolute Gasteiger partial charge is 0.322 e. The Balaban J connectivity index is 1.76. The van der Waals surface area contributed by atoms with Crippen molar-refractivity contribution in [3.05, 3.63) is 30.5 Å². The van der Waals surface area contributed by atoms with Gasteiger partial charge in [-0.15, -0.1) is 0 Å². The van der Waals surface area contributed by atoms with E-state index >= 15 is 0 Å². The minimum atomic E-state index is -0.460. The molecule has 0 spiro atoms. The van der Waals surface area contributed by atoms with Crippen LogP contribution >= 0.6 is 0 Å². The number of rotatable bonds is 3. The summed E-state index contributed by atoms with van der Waals surface area (Å²) in [5, 5.41) is 6.85. The number of urea groups is 1. The van der Waals surface area contributed by atoms with Crippen molar-refractivity contribution >= 4 is 28.5 Å². The highest BCUT2D eigenvalue weighted by atomic mass is 16.2. The number of aromatic nitrogens is 1. The van der Waals surface area contributed by atoms with Gasteiger partial charge in [0, 0.05) is 42.4 Å². The number of nitrogens with zero attached hydrogens (tertiary/aromatic N) is 2. The van der Waals surface area contributed by atoms with E-state index in [1.807, 2.05) is 18.2 Å². The molecule has 3 amide bonds. The molecule has 1 saturated heterocycles. The van der Waals surface area contributed by atoms with E-state index in [1.54, 1.807) is 11.8 Å². The zero-order chi connectivity index (χ0) is 18.0. The number of benzene rings is 1. The molecule has 1 atom stereocenters. The number of fused-ring (bicyclic) bond motifs is 1. The summed E-state index contributed by atoms with van der Waals surface area (Å²) in [6.45, 7) is 8.30. The van der Waals surface area contributed by atoms with Crippen molar-refractivity contribution in [2.45, 2.75) is 39.8 Å². The summed E-state index contributed by atoms with van der Waals surface area (Å²) in [4.78, 5) is 26.1. The summed E-state index contributed by atoms with van der Waals surface area (Å²) >= 11 is 0. The number of carbonyl (C=O) groups excluding carboxylic acids is 2. The Morgan fingerprint density at radius 3 is 2.92 bits per heavy atom. The fraction of sp³-hybridized carbons (Fsp3) is 0.474. The molecule has 0 bridgehead atoms. The number of hydrogen-bond donors (Lipinski definition) is 2. The van der Waals surface area contributed by atoms with Crippen LogP contribution in [0.1, 0.15) is 27.2 Å². The standard InChI is InChI=1S/C19H26N4O2/c1-13(2)12-22-10-7-15-11-16(5-6-17(15)22)21-19(25)23-9-4-8-20-18(24)14(23)3/h5-7,10-11,13-14H,4,8-9,12H2,1-3H3,(H,20,24)(H,21,25)/t14-/m0/s1. The first-order chi connectivity index (χ1) is 12.0. The van der Waals surface area contributed by atoms with Gasteiger partial charge in [0.15, 0.2) is 0 Å². The molecule has 6 nitrogen and oxygen atoms in total. The molecule has 0 saturated carbocycles. The number of anilines is 1. The van der Waals surface area contributed by atoms with Gasteiger partial charge in [0.25, 0.3) is 0 Å². The van der Waals surface area contributed by atoms with Crippen LogP contribution in [-0.4, -0.2) is 40.5 Å². The van der Waals surface area contributed by atoms with Gasteiger partial charge in [-0.3, -0.25) is 4.79 Å². The van der Waals surface area contributed by atoms with Gasteiger partial charge in [-0.25, -0.2) is 4.79 Å². The van der Waals surface area contributed by atoms with Crippen LogP contribution < -0.4 is 10.6 Å². The van der Waals surface area contributed by atoms with Gasteiger partial charge in [0.05, 0.1) is 0 Å². The van der Waals surface area contributed by atoms with E-state index in [0.29, 0.717) is 19.0 Å². The van der Waals surface area contributed by atoms with Crippen molar-refractivity contribution in [1.82, 2.24) is 14.8 Å². The predicted molar refractivity (Wildman–Crippen MR) is 99.6 cm³/mol. The molecule has 1 aromatic carbocycles.